The molecule has 1 aromatic heterocycles. The number of carbonyl (C=O) groups excluding carboxylic acids is 1. The van der Waals surface area contributed by atoms with Crippen LogP contribution in [0.2, 0.25) is 0 Å². The summed E-state index contributed by atoms with van der Waals surface area (Å²) >= 11 is 0. The number of aromatic nitrogens is 1. The molecule has 0 radical (unpaired) electrons. The lowest BCUT2D eigenvalue weighted by atomic mass is 9.89. The van der Waals surface area contributed by atoms with Crippen LogP contribution in [0.15, 0.2) is 28.8 Å². The van der Waals surface area contributed by atoms with Crippen molar-refractivity contribution in [3.63, 3.8) is 0 Å². The molecule has 1 aliphatic heterocycles. The van der Waals surface area contributed by atoms with Crippen LogP contribution in [0.4, 0.5) is 8.78 Å². The Hall–Kier alpha value is -2.81. The second kappa shape index (κ2) is 8.74. The summed E-state index contributed by atoms with van der Waals surface area (Å²) in [6.07, 6.45) is 3.90. The van der Waals surface area contributed by atoms with Crippen LogP contribution in [0, 0.1) is 23.5 Å². The number of amides is 1. The summed E-state index contributed by atoms with van der Waals surface area (Å²) in [6, 6.07) is 4.12. The van der Waals surface area contributed by atoms with Crippen molar-refractivity contribution in [3.8, 4) is 11.3 Å². The molecule has 4 unspecified atom stereocenters. The van der Waals surface area contributed by atoms with Crippen molar-refractivity contribution in [2.75, 3.05) is 13.1 Å². The number of carboxylic acid groups (broad SMARTS) is 1. The van der Waals surface area contributed by atoms with Crippen molar-refractivity contribution in [2.24, 2.45) is 11.8 Å². The van der Waals surface area contributed by atoms with Crippen molar-refractivity contribution in [2.45, 2.75) is 44.7 Å². The molecular formula is C22H25F2N3O4. The van der Waals surface area contributed by atoms with Crippen LogP contribution in [-0.4, -0.2) is 52.2 Å². The van der Waals surface area contributed by atoms with E-state index in [4.69, 9.17) is 4.52 Å². The zero-order chi connectivity index (χ0) is 22.1. The van der Waals surface area contributed by atoms with E-state index in [1.54, 1.807) is 0 Å². The summed E-state index contributed by atoms with van der Waals surface area (Å²) in [7, 11) is 0. The van der Waals surface area contributed by atoms with Gasteiger partial charge in [-0.1, -0.05) is 18.5 Å². The molecule has 2 aromatic rings. The van der Waals surface area contributed by atoms with Gasteiger partial charge in [0, 0.05) is 42.9 Å². The molecule has 1 saturated carbocycles. The highest BCUT2D eigenvalue weighted by Crippen LogP contribution is 2.32. The fraction of sp³-hybridized carbons (Fsp3) is 0.500. The number of halogens is 2. The molecule has 4 atom stereocenters. The third-order valence-corrected chi connectivity index (χ3v) is 6.50. The first-order valence-corrected chi connectivity index (χ1v) is 10.5. The SMILES string of the molecule is CC1CCCC1N1CCC(NC(=O)c2cc(-c3ccc(F)cc3F)no2)C(C(=O)O)C1. The molecule has 166 valence electrons. The Morgan fingerprint density at radius 1 is 1.23 bits per heavy atom. The number of likely N-dealkylation sites (tertiary alicyclic amines) is 1. The lowest BCUT2D eigenvalue weighted by molar-refractivity contribution is -0.145. The monoisotopic (exact) mass is 433 g/mol. The topological polar surface area (TPSA) is 95.7 Å². The Kier molecular flexibility index (Phi) is 6.04. The number of hydrogen-bond donors (Lipinski definition) is 2. The van der Waals surface area contributed by atoms with Crippen LogP contribution in [-0.2, 0) is 4.79 Å². The maximum atomic E-state index is 14.0. The molecular weight excluding hydrogens is 408 g/mol. The quantitative estimate of drug-likeness (QED) is 0.751. The molecule has 7 nitrogen and oxygen atoms in total. The van der Waals surface area contributed by atoms with Crippen molar-refractivity contribution < 1.29 is 28.0 Å². The summed E-state index contributed by atoms with van der Waals surface area (Å²) in [5.74, 6) is -3.45. The van der Waals surface area contributed by atoms with Gasteiger partial charge in [-0.3, -0.25) is 14.5 Å². The van der Waals surface area contributed by atoms with Crippen LogP contribution in [0.25, 0.3) is 11.3 Å². The minimum atomic E-state index is -0.952. The number of piperidine rings is 1. The largest absolute Gasteiger partial charge is 0.481 e. The van der Waals surface area contributed by atoms with Crippen LogP contribution in [0.1, 0.15) is 43.2 Å². The van der Waals surface area contributed by atoms with Crippen molar-refractivity contribution in [1.82, 2.24) is 15.4 Å². The second-order valence-electron chi connectivity index (χ2n) is 8.48. The highest BCUT2D eigenvalue weighted by molar-refractivity contribution is 5.93. The predicted molar refractivity (Wildman–Crippen MR) is 107 cm³/mol. The number of nitrogens with one attached hydrogen (secondary N) is 1. The van der Waals surface area contributed by atoms with Gasteiger partial charge in [0.25, 0.3) is 5.91 Å². The smallest absolute Gasteiger partial charge is 0.309 e. The molecule has 2 fully saturated rings. The number of rotatable bonds is 5. The van der Waals surface area contributed by atoms with Gasteiger partial charge in [-0.15, -0.1) is 0 Å². The van der Waals surface area contributed by atoms with Gasteiger partial charge in [0.2, 0.25) is 5.76 Å². The van der Waals surface area contributed by atoms with Gasteiger partial charge in [-0.2, -0.15) is 0 Å². The Morgan fingerprint density at radius 2 is 2.03 bits per heavy atom. The maximum Gasteiger partial charge on any atom is 0.309 e. The fourth-order valence-electron chi connectivity index (χ4n) is 4.82. The standard InChI is InChI=1S/C22H25F2N3O4/c1-12-3-2-4-19(12)27-8-7-17(15(11-27)22(29)30)25-21(28)20-10-18(26-31-20)14-6-5-13(23)9-16(14)24/h5-6,9-10,12,15,17,19H,2-4,7-8,11H2,1H3,(H,25,28)(H,29,30). The molecule has 0 bridgehead atoms. The first-order chi connectivity index (χ1) is 14.8. The van der Waals surface area contributed by atoms with E-state index in [-0.39, 0.29) is 17.0 Å². The highest BCUT2D eigenvalue weighted by Gasteiger charge is 2.40. The molecule has 1 aromatic carbocycles. The van der Waals surface area contributed by atoms with E-state index >= 15 is 0 Å². The van der Waals surface area contributed by atoms with Crippen LogP contribution in [0.3, 0.4) is 0 Å². The van der Waals surface area contributed by atoms with Gasteiger partial charge in [0.15, 0.2) is 0 Å². The number of aliphatic carboxylic acids is 1. The first-order valence-electron chi connectivity index (χ1n) is 10.5. The fourth-order valence-corrected chi connectivity index (χ4v) is 4.82. The first kappa shape index (κ1) is 21.4. The number of carbonyl (C=O) groups is 2. The van der Waals surface area contributed by atoms with E-state index in [0.717, 1.165) is 31.4 Å². The van der Waals surface area contributed by atoms with Crippen molar-refractivity contribution >= 4 is 11.9 Å². The molecule has 0 spiro atoms. The van der Waals surface area contributed by atoms with Crippen LogP contribution in [0.5, 0.6) is 0 Å². The number of hydrogen-bond acceptors (Lipinski definition) is 5. The Morgan fingerprint density at radius 3 is 2.71 bits per heavy atom. The van der Waals surface area contributed by atoms with E-state index in [1.807, 2.05) is 0 Å². The van der Waals surface area contributed by atoms with Crippen molar-refractivity contribution in [1.29, 1.82) is 0 Å². The van der Waals surface area contributed by atoms with Gasteiger partial charge < -0.3 is 14.9 Å². The number of nitrogens with zero attached hydrogens (tertiary/aromatic N) is 2. The number of carboxylic acids is 1. The van der Waals surface area contributed by atoms with Gasteiger partial charge in [-0.25, -0.2) is 8.78 Å². The van der Waals surface area contributed by atoms with Crippen LogP contribution < -0.4 is 5.32 Å². The summed E-state index contributed by atoms with van der Waals surface area (Å²) in [4.78, 5) is 26.8. The van der Waals surface area contributed by atoms with Gasteiger partial charge in [0.05, 0.1) is 5.92 Å². The third kappa shape index (κ3) is 4.46. The van der Waals surface area contributed by atoms with E-state index < -0.39 is 35.5 Å². The van der Waals surface area contributed by atoms with Crippen LogP contribution >= 0.6 is 0 Å². The molecule has 1 aliphatic carbocycles. The zero-order valence-electron chi connectivity index (χ0n) is 17.2. The Balaban J connectivity index is 1.44. The second-order valence-corrected chi connectivity index (χ2v) is 8.48. The molecule has 2 aliphatic rings. The molecule has 1 amide bonds. The summed E-state index contributed by atoms with van der Waals surface area (Å²) in [5, 5.41) is 16.2. The predicted octanol–water partition coefficient (Wildman–Crippen LogP) is 3.31. The lowest BCUT2D eigenvalue weighted by Gasteiger charge is -2.41. The third-order valence-electron chi connectivity index (χ3n) is 6.50. The van der Waals surface area contributed by atoms with E-state index in [9.17, 15) is 23.5 Å². The molecule has 9 heteroatoms. The van der Waals surface area contributed by atoms with Gasteiger partial charge in [-0.05, 0) is 37.3 Å². The van der Waals surface area contributed by atoms with Gasteiger partial charge in [0.1, 0.15) is 17.3 Å². The molecule has 4 rings (SSSR count). The van der Waals surface area contributed by atoms with E-state index in [1.165, 1.54) is 12.1 Å². The molecule has 2 N–H and O–H groups in total. The summed E-state index contributed by atoms with van der Waals surface area (Å²) in [5.41, 5.74) is 0.0640. The van der Waals surface area contributed by atoms with Gasteiger partial charge >= 0.3 is 5.97 Å². The normalized spacial score (nSPS) is 26.7. The number of benzene rings is 1. The summed E-state index contributed by atoms with van der Waals surface area (Å²) in [6.45, 7) is 3.30. The maximum absolute atomic E-state index is 14.0. The minimum Gasteiger partial charge on any atom is -0.481 e. The Labute approximate surface area is 178 Å². The Bertz CT molecular complexity index is 979. The average Bonchev–Trinajstić information content (AvgIpc) is 3.37. The molecule has 31 heavy (non-hydrogen) atoms. The summed E-state index contributed by atoms with van der Waals surface area (Å²) < 4.78 is 32.1. The molecule has 1 saturated heterocycles. The zero-order valence-corrected chi connectivity index (χ0v) is 17.2. The van der Waals surface area contributed by atoms with Crippen molar-refractivity contribution in [3.05, 3.63) is 41.7 Å². The molecule has 2 heterocycles. The minimum absolute atomic E-state index is 0.00611. The lowest BCUT2D eigenvalue weighted by Crippen LogP contribution is -2.56. The highest BCUT2D eigenvalue weighted by atomic mass is 19.1. The average molecular weight is 433 g/mol. The van der Waals surface area contributed by atoms with E-state index in [0.29, 0.717) is 31.5 Å². The van der Waals surface area contributed by atoms with E-state index in [2.05, 4.69) is 22.3 Å².